The monoisotopic (exact) mass is 565 g/mol. The number of esters is 1. The third-order valence-corrected chi connectivity index (χ3v) is 8.47. The average Bonchev–Trinajstić information content (AvgIpc) is 3.58. The van der Waals surface area contributed by atoms with Crippen LogP contribution >= 0.6 is 11.3 Å². The molecule has 1 heterocycles. The fraction of sp³-hybridized carbons (Fsp3) is 0.515. The summed E-state index contributed by atoms with van der Waals surface area (Å²) in [5.41, 5.74) is 3.28. The van der Waals surface area contributed by atoms with Crippen molar-refractivity contribution in [3.63, 3.8) is 0 Å². The number of carbonyl (C=O) groups is 2. The standard InChI is InChI=1S/C33H43NO5S/c1-22(39-33(2,3)4)31(32(37)38-27-10-5-6-11-27)34-20-25-14-12-23(13-15-25)8-7-9-24-16-17-26-19-30(28(36)21-35)40-29(26)18-24/h12-19,22,27,31,34-35H,5-11,20-21H2,1-4H3/t22?,31-/m0/s1. The van der Waals surface area contributed by atoms with E-state index in [2.05, 4.69) is 47.8 Å². The number of hydrogen-bond acceptors (Lipinski definition) is 7. The zero-order chi connectivity index (χ0) is 28.7. The summed E-state index contributed by atoms with van der Waals surface area (Å²) in [7, 11) is 0. The van der Waals surface area contributed by atoms with Crippen molar-refractivity contribution in [1.82, 2.24) is 5.32 Å². The first kappa shape index (κ1) is 30.4. The number of benzene rings is 2. The zero-order valence-electron chi connectivity index (χ0n) is 24.2. The summed E-state index contributed by atoms with van der Waals surface area (Å²) in [6.07, 6.45) is 6.79. The zero-order valence-corrected chi connectivity index (χ0v) is 25.0. The molecule has 0 saturated heterocycles. The number of Topliss-reactive ketones (excluding diaryl/α,β-unsaturated/α-hetero) is 1. The van der Waals surface area contributed by atoms with E-state index in [4.69, 9.17) is 14.6 Å². The highest BCUT2D eigenvalue weighted by Gasteiger charge is 2.32. The maximum atomic E-state index is 13.1. The molecular weight excluding hydrogens is 522 g/mol. The summed E-state index contributed by atoms with van der Waals surface area (Å²) in [6, 6.07) is 16.2. The average molecular weight is 566 g/mol. The Labute approximate surface area is 242 Å². The van der Waals surface area contributed by atoms with Gasteiger partial charge in [0.15, 0.2) is 5.78 Å². The van der Waals surface area contributed by atoms with Crippen LogP contribution in [0.2, 0.25) is 0 Å². The number of hydrogen-bond donors (Lipinski definition) is 2. The Hall–Kier alpha value is -2.58. The van der Waals surface area contributed by atoms with E-state index in [9.17, 15) is 9.59 Å². The molecule has 1 aliphatic carbocycles. The van der Waals surface area contributed by atoms with Crippen LogP contribution in [0.5, 0.6) is 0 Å². The molecule has 1 aliphatic rings. The van der Waals surface area contributed by atoms with Gasteiger partial charge in [-0.25, -0.2) is 0 Å². The molecule has 0 radical (unpaired) electrons. The number of ketones is 1. The summed E-state index contributed by atoms with van der Waals surface area (Å²) >= 11 is 1.44. The van der Waals surface area contributed by atoms with Gasteiger partial charge < -0.3 is 14.6 Å². The highest BCUT2D eigenvalue weighted by molar-refractivity contribution is 7.20. The lowest BCUT2D eigenvalue weighted by atomic mass is 10.0. The summed E-state index contributed by atoms with van der Waals surface area (Å²) < 4.78 is 13.0. The molecule has 6 nitrogen and oxygen atoms in total. The Morgan fingerprint density at radius 3 is 2.33 bits per heavy atom. The van der Waals surface area contributed by atoms with Gasteiger partial charge in [0.2, 0.25) is 0 Å². The van der Waals surface area contributed by atoms with Crippen LogP contribution in [-0.4, -0.2) is 47.3 Å². The molecule has 1 aromatic heterocycles. The first-order valence-corrected chi connectivity index (χ1v) is 15.3. The minimum absolute atomic E-state index is 0.0260. The maximum Gasteiger partial charge on any atom is 0.326 e. The van der Waals surface area contributed by atoms with Crippen molar-refractivity contribution >= 4 is 33.2 Å². The van der Waals surface area contributed by atoms with Gasteiger partial charge in [0.05, 0.1) is 16.6 Å². The first-order valence-electron chi connectivity index (χ1n) is 14.5. The van der Waals surface area contributed by atoms with E-state index in [1.165, 1.54) is 22.5 Å². The van der Waals surface area contributed by atoms with Crippen molar-refractivity contribution in [2.75, 3.05) is 6.61 Å². The number of nitrogens with one attached hydrogen (secondary N) is 1. The summed E-state index contributed by atoms with van der Waals surface area (Å²) in [4.78, 5) is 25.5. The topological polar surface area (TPSA) is 84.9 Å². The second kappa shape index (κ2) is 13.9. The molecule has 1 unspecified atom stereocenters. The van der Waals surface area contributed by atoms with Gasteiger partial charge in [-0.15, -0.1) is 11.3 Å². The highest BCUT2D eigenvalue weighted by atomic mass is 32.1. The summed E-state index contributed by atoms with van der Waals surface area (Å²) in [5, 5.41) is 13.6. The minimum atomic E-state index is -0.530. The van der Waals surface area contributed by atoms with Crippen LogP contribution in [0.3, 0.4) is 0 Å². The van der Waals surface area contributed by atoms with Crippen molar-refractivity contribution in [2.24, 2.45) is 0 Å². The molecule has 3 aromatic rings. The molecule has 7 heteroatoms. The maximum absolute atomic E-state index is 13.1. The largest absolute Gasteiger partial charge is 0.461 e. The minimum Gasteiger partial charge on any atom is -0.461 e. The SMILES string of the molecule is CC(OC(C)(C)C)[C@H](NCc1ccc(CCCc2ccc3cc(C(=O)CO)sc3c2)cc1)C(=O)OC1CCCC1. The van der Waals surface area contributed by atoms with Gasteiger partial charge in [-0.05, 0) is 107 Å². The third kappa shape index (κ3) is 8.71. The van der Waals surface area contributed by atoms with E-state index in [1.54, 1.807) is 0 Å². The molecular formula is C33H43NO5S. The fourth-order valence-electron chi connectivity index (χ4n) is 5.31. The van der Waals surface area contributed by atoms with Crippen molar-refractivity contribution in [3.8, 4) is 0 Å². The molecule has 216 valence electrons. The van der Waals surface area contributed by atoms with E-state index in [0.717, 1.165) is 60.6 Å². The molecule has 4 rings (SSSR count). The Bertz CT molecular complexity index is 1270. The van der Waals surface area contributed by atoms with Crippen molar-refractivity contribution in [1.29, 1.82) is 0 Å². The second-order valence-electron chi connectivity index (χ2n) is 11.9. The molecule has 2 atom stereocenters. The number of ether oxygens (including phenoxy) is 2. The Balaban J connectivity index is 1.29. The number of aliphatic hydroxyl groups excluding tert-OH is 1. The molecule has 2 aromatic carbocycles. The predicted octanol–water partition coefficient (Wildman–Crippen LogP) is 6.40. The van der Waals surface area contributed by atoms with Gasteiger partial charge in [0.25, 0.3) is 0 Å². The lowest BCUT2D eigenvalue weighted by Crippen LogP contribution is -2.49. The lowest BCUT2D eigenvalue weighted by Gasteiger charge is -2.31. The quantitative estimate of drug-likeness (QED) is 0.184. The summed E-state index contributed by atoms with van der Waals surface area (Å²) in [5.74, 6) is -0.453. The highest BCUT2D eigenvalue weighted by Crippen LogP contribution is 2.28. The van der Waals surface area contributed by atoms with Gasteiger partial charge in [-0.3, -0.25) is 14.9 Å². The Morgan fingerprint density at radius 1 is 1.00 bits per heavy atom. The van der Waals surface area contributed by atoms with E-state index in [-0.39, 0.29) is 29.6 Å². The van der Waals surface area contributed by atoms with Crippen LogP contribution in [0.25, 0.3) is 10.1 Å². The van der Waals surface area contributed by atoms with Crippen LogP contribution < -0.4 is 5.32 Å². The van der Waals surface area contributed by atoms with Gasteiger partial charge in [0.1, 0.15) is 18.8 Å². The molecule has 1 saturated carbocycles. The normalized spacial score (nSPS) is 15.8. The van der Waals surface area contributed by atoms with E-state index < -0.39 is 12.6 Å². The molecule has 0 bridgehead atoms. The Morgan fingerprint density at radius 2 is 1.65 bits per heavy atom. The number of thiophene rings is 1. The van der Waals surface area contributed by atoms with Crippen LogP contribution in [0.4, 0.5) is 0 Å². The second-order valence-corrected chi connectivity index (χ2v) is 13.0. The number of aryl methyl sites for hydroxylation is 2. The first-order chi connectivity index (χ1) is 19.1. The fourth-order valence-corrected chi connectivity index (χ4v) is 6.36. The van der Waals surface area contributed by atoms with E-state index >= 15 is 0 Å². The molecule has 0 spiro atoms. The number of rotatable bonds is 13. The van der Waals surface area contributed by atoms with E-state index in [1.807, 2.05) is 33.8 Å². The number of fused-ring (bicyclic) bond motifs is 1. The van der Waals surface area contributed by atoms with Crippen molar-refractivity contribution < 1.29 is 24.2 Å². The van der Waals surface area contributed by atoms with Crippen molar-refractivity contribution in [2.45, 2.75) is 103 Å². The summed E-state index contributed by atoms with van der Waals surface area (Å²) in [6.45, 7) is 8.04. The molecule has 2 N–H and O–H groups in total. The predicted molar refractivity (Wildman–Crippen MR) is 161 cm³/mol. The van der Waals surface area contributed by atoms with Gasteiger partial charge in [-0.2, -0.15) is 0 Å². The van der Waals surface area contributed by atoms with Gasteiger partial charge in [0, 0.05) is 11.2 Å². The number of carbonyl (C=O) groups excluding carboxylic acids is 2. The van der Waals surface area contributed by atoms with Gasteiger partial charge in [-0.1, -0.05) is 36.4 Å². The van der Waals surface area contributed by atoms with Crippen LogP contribution in [0, 0.1) is 0 Å². The van der Waals surface area contributed by atoms with Crippen LogP contribution in [0.1, 0.15) is 86.2 Å². The van der Waals surface area contributed by atoms with Crippen molar-refractivity contribution in [3.05, 3.63) is 70.1 Å². The molecule has 0 aliphatic heterocycles. The number of aliphatic hydroxyl groups is 1. The lowest BCUT2D eigenvalue weighted by molar-refractivity contribution is -0.159. The molecule has 40 heavy (non-hydrogen) atoms. The Kier molecular flexibility index (Phi) is 10.5. The third-order valence-electron chi connectivity index (χ3n) is 7.33. The van der Waals surface area contributed by atoms with Crippen LogP contribution in [0.15, 0.2) is 48.5 Å². The van der Waals surface area contributed by atoms with Crippen LogP contribution in [-0.2, 0) is 33.7 Å². The smallest absolute Gasteiger partial charge is 0.326 e. The molecule has 1 fully saturated rings. The molecule has 0 amide bonds. The van der Waals surface area contributed by atoms with Gasteiger partial charge >= 0.3 is 5.97 Å². The van der Waals surface area contributed by atoms with E-state index in [0.29, 0.717) is 11.4 Å².